The van der Waals surface area contributed by atoms with Crippen molar-refractivity contribution in [2.24, 2.45) is 0 Å². The van der Waals surface area contributed by atoms with Crippen LogP contribution in [0.3, 0.4) is 0 Å². The fraction of sp³-hybridized carbons (Fsp3) is 0.208. The second-order valence-corrected chi connectivity index (χ2v) is 10.2. The first-order chi connectivity index (χ1) is 14.7. The molecule has 0 saturated heterocycles. The predicted octanol–water partition coefficient (Wildman–Crippen LogP) is 4.74. The molecule has 162 valence electrons. The summed E-state index contributed by atoms with van der Waals surface area (Å²) in [4.78, 5) is 13.1. The van der Waals surface area contributed by atoms with Gasteiger partial charge in [0.25, 0.3) is 0 Å². The summed E-state index contributed by atoms with van der Waals surface area (Å²) >= 11 is 3.42. The Hall–Kier alpha value is -2.64. The lowest BCUT2D eigenvalue weighted by Crippen LogP contribution is -2.42. The maximum Gasteiger partial charge on any atom is 0.241 e. The molecule has 0 saturated carbocycles. The minimum absolute atomic E-state index is 0.310. The van der Waals surface area contributed by atoms with Crippen LogP contribution in [-0.2, 0) is 14.8 Å². The molecule has 1 atom stereocenters. The Morgan fingerprint density at radius 1 is 0.968 bits per heavy atom. The van der Waals surface area contributed by atoms with Crippen LogP contribution in [-0.4, -0.2) is 27.1 Å². The van der Waals surface area contributed by atoms with Crippen molar-refractivity contribution >= 4 is 37.5 Å². The molecule has 3 aromatic rings. The van der Waals surface area contributed by atoms with E-state index in [1.54, 1.807) is 18.2 Å². The third-order valence-corrected chi connectivity index (χ3v) is 7.09. The van der Waals surface area contributed by atoms with Crippen molar-refractivity contribution in [3.05, 3.63) is 99.5 Å². The third-order valence-electron chi connectivity index (χ3n) is 5.05. The molecule has 31 heavy (non-hydrogen) atoms. The number of nitrogens with one attached hydrogen (secondary N) is 1. The standard InChI is InChI=1S/C24H25BrN2O3S/c1-17-9-7-8-12-21(17)24(19-10-5-4-6-11-19)26-23(28)16-27(31(3,29)30)20-13-14-22(25)18(2)15-20/h4-15,24H,16H2,1-3H3,(H,26,28)/t24-/m1/s1. The second-order valence-electron chi connectivity index (χ2n) is 7.47. The summed E-state index contributed by atoms with van der Waals surface area (Å²) < 4.78 is 27.0. The Morgan fingerprint density at radius 3 is 2.23 bits per heavy atom. The summed E-state index contributed by atoms with van der Waals surface area (Å²) in [6.45, 7) is 3.55. The average molecular weight is 501 g/mol. The molecule has 1 amide bonds. The van der Waals surface area contributed by atoms with E-state index < -0.39 is 10.0 Å². The molecule has 0 bridgehead atoms. The smallest absolute Gasteiger partial charge is 0.241 e. The Morgan fingerprint density at radius 2 is 1.61 bits per heavy atom. The lowest BCUT2D eigenvalue weighted by Gasteiger charge is -2.26. The Balaban J connectivity index is 1.92. The molecule has 5 nitrogen and oxygen atoms in total. The molecule has 0 unspecified atom stereocenters. The number of hydrogen-bond donors (Lipinski definition) is 1. The van der Waals surface area contributed by atoms with Crippen LogP contribution in [0.1, 0.15) is 28.3 Å². The largest absolute Gasteiger partial charge is 0.344 e. The van der Waals surface area contributed by atoms with Crippen LogP contribution in [0.15, 0.2) is 77.3 Å². The molecule has 0 aromatic heterocycles. The second kappa shape index (κ2) is 9.66. The number of carbonyl (C=O) groups is 1. The summed E-state index contributed by atoms with van der Waals surface area (Å²) in [7, 11) is -3.66. The number of benzene rings is 3. The van der Waals surface area contributed by atoms with Gasteiger partial charge in [-0.05, 0) is 54.3 Å². The van der Waals surface area contributed by atoms with Gasteiger partial charge in [-0.15, -0.1) is 0 Å². The van der Waals surface area contributed by atoms with E-state index in [1.807, 2.05) is 68.4 Å². The van der Waals surface area contributed by atoms with Gasteiger partial charge in [0.15, 0.2) is 0 Å². The summed E-state index contributed by atoms with van der Waals surface area (Å²) in [6, 6.07) is 22.3. The summed E-state index contributed by atoms with van der Waals surface area (Å²) in [5.41, 5.74) is 4.27. The highest BCUT2D eigenvalue weighted by atomic mass is 79.9. The molecule has 1 N–H and O–H groups in total. The molecule has 0 aliphatic carbocycles. The van der Waals surface area contributed by atoms with Crippen LogP contribution < -0.4 is 9.62 Å². The quantitative estimate of drug-likeness (QED) is 0.509. The number of hydrogen-bond acceptors (Lipinski definition) is 3. The molecule has 3 rings (SSSR count). The van der Waals surface area contributed by atoms with Crippen molar-refractivity contribution in [1.29, 1.82) is 0 Å². The zero-order chi connectivity index (χ0) is 22.6. The van der Waals surface area contributed by atoms with Crippen molar-refractivity contribution in [1.82, 2.24) is 5.32 Å². The molecule has 0 heterocycles. The number of aryl methyl sites for hydroxylation is 2. The topological polar surface area (TPSA) is 66.5 Å². The highest BCUT2D eigenvalue weighted by molar-refractivity contribution is 9.10. The molecule has 3 aromatic carbocycles. The average Bonchev–Trinajstić information content (AvgIpc) is 2.73. The Kier molecular flexibility index (Phi) is 7.18. The van der Waals surface area contributed by atoms with Crippen molar-refractivity contribution in [2.45, 2.75) is 19.9 Å². The first-order valence-corrected chi connectivity index (χ1v) is 12.4. The highest BCUT2D eigenvalue weighted by Crippen LogP contribution is 2.26. The zero-order valence-electron chi connectivity index (χ0n) is 17.7. The Labute approximate surface area is 192 Å². The molecule has 0 aliphatic heterocycles. The van der Waals surface area contributed by atoms with Gasteiger partial charge in [-0.1, -0.05) is 70.5 Å². The van der Waals surface area contributed by atoms with Crippen LogP contribution in [0.5, 0.6) is 0 Å². The zero-order valence-corrected chi connectivity index (χ0v) is 20.1. The highest BCUT2D eigenvalue weighted by Gasteiger charge is 2.24. The fourth-order valence-electron chi connectivity index (χ4n) is 3.42. The van der Waals surface area contributed by atoms with E-state index in [-0.39, 0.29) is 18.5 Å². The van der Waals surface area contributed by atoms with Gasteiger partial charge in [-0.2, -0.15) is 0 Å². The van der Waals surface area contributed by atoms with Gasteiger partial charge in [0.1, 0.15) is 6.54 Å². The molecular weight excluding hydrogens is 476 g/mol. The first kappa shape index (κ1) is 23.0. The molecule has 0 aliphatic rings. The lowest BCUT2D eigenvalue weighted by atomic mass is 9.95. The van der Waals surface area contributed by atoms with Crippen LogP contribution in [0.4, 0.5) is 5.69 Å². The minimum Gasteiger partial charge on any atom is -0.344 e. The van der Waals surface area contributed by atoms with Gasteiger partial charge in [0.05, 0.1) is 18.0 Å². The minimum atomic E-state index is -3.66. The normalized spacial score (nSPS) is 12.3. The number of anilines is 1. The molecule has 7 heteroatoms. The van der Waals surface area contributed by atoms with E-state index in [0.717, 1.165) is 37.3 Å². The van der Waals surface area contributed by atoms with Crippen LogP contribution in [0, 0.1) is 13.8 Å². The maximum atomic E-state index is 13.1. The van der Waals surface area contributed by atoms with Crippen molar-refractivity contribution in [3.63, 3.8) is 0 Å². The van der Waals surface area contributed by atoms with E-state index >= 15 is 0 Å². The van der Waals surface area contributed by atoms with Gasteiger partial charge < -0.3 is 5.32 Å². The number of carbonyl (C=O) groups excluding carboxylic acids is 1. The molecule has 0 radical (unpaired) electrons. The number of amides is 1. The number of nitrogens with zero attached hydrogens (tertiary/aromatic N) is 1. The molecular formula is C24H25BrN2O3S. The van der Waals surface area contributed by atoms with E-state index in [2.05, 4.69) is 21.2 Å². The lowest BCUT2D eigenvalue weighted by molar-refractivity contribution is -0.120. The Bertz CT molecular complexity index is 1180. The monoisotopic (exact) mass is 500 g/mol. The summed E-state index contributed by atoms with van der Waals surface area (Å²) in [5.74, 6) is -0.386. The number of rotatable bonds is 7. The first-order valence-electron chi connectivity index (χ1n) is 9.80. The number of halogens is 1. The van der Waals surface area contributed by atoms with E-state index in [0.29, 0.717) is 5.69 Å². The van der Waals surface area contributed by atoms with Gasteiger partial charge in [0.2, 0.25) is 15.9 Å². The maximum absolute atomic E-state index is 13.1. The van der Waals surface area contributed by atoms with Crippen LogP contribution in [0.25, 0.3) is 0 Å². The van der Waals surface area contributed by atoms with Gasteiger partial charge in [0, 0.05) is 4.47 Å². The summed E-state index contributed by atoms with van der Waals surface area (Å²) in [5, 5.41) is 3.03. The van der Waals surface area contributed by atoms with Crippen molar-refractivity contribution < 1.29 is 13.2 Å². The summed E-state index contributed by atoms with van der Waals surface area (Å²) in [6.07, 6.45) is 1.10. The predicted molar refractivity (Wildman–Crippen MR) is 129 cm³/mol. The SMILES string of the molecule is Cc1cc(N(CC(=O)N[C@H](c2ccccc2)c2ccccc2C)S(C)(=O)=O)ccc1Br. The molecule has 0 spiro atoms. The molecule has 0 fully saturated rings. The number of sulfonamides is 1. The van der Waals surface area contributed by atoms with E-state index in [4.69, 9.17) is 0 Å². The van der Waals surface area contributed by atoms with Gasteiger partial charge in [-0.25, -0.2) is 8.42 Å². The van der Waals surface area contributed by atoms with Crippen molar-refractivity contribution in [2.75, 3.05) is 17.1 Å². The third kappa shape index (κ3) is 5.74. The fourth-order valence-corrected chi connectivity index (χ4v) is 4.51. The van der Waals surface area contributed by atoms with Gasteiger partial charge >= 0.3 is 0 Å². The van der Waals surface area contributed by atoms with Crippen LogP contribution in [0.2, 0.25) is 0 Å². The van der Waals surface area contributed by atoms with Crippen LogP contribution >= 0.6 is 15.9 Å². The van der Waals surface area contributed by atoms with E-state index in [9.17, 15) is 13.2 Å². The van der Waals surface area contributed by atoms with Crippen molar-refractivity contribution in [3.8, 4) is 0 Å². The van der Waals surface area contributed by atoms with Gasteiger partial charge in [-0.3, -0.25) is 9.10 Å². The van der Waals surface area contributed by atoms with E-state index in [1.165, 1.54) is 0 Å².